The molecule has 0 heterocycles. The quantitative estimate of drug-likeness (QED) is 0.833. The minimum Gasteiger partial charge on any atom is -0.478 e. The molecule has 108 valence electrons. The number of rotatable bonds is 5. The molecule has 2 aromatic carbocycles. The third kappa shape index (κ3) is 3.73. The minimum absolute atomic E-state index is 0.0313. The normalized spacial score (nSPS) is 10.6. The molecule has 2 aromatic rings. The highest BCUT2D eigenvalue weighted by Crippen LogP contribution is 2.30. The molecule has 1 N–H and O–H groups in total. The number of Topliss-reactive ketones (excluding diaryl/α,β-unsaturated/α-hetero) is 1. The molecule has 0 radical (unpaired) electrons. The van der Waals surface area contributed by atoms with E-state index < -0.39 is 5.97 Å². The molecule has 0 aliphatic heterocycles. The molecule has 0 aromatic heterocycles. The van der Waals surface area contributed by atoms with Crippen molar-refractivity contribution in [1.82, 2.24) is 0 Å². The fraction of sp³-hybridized carbons (Fsp3) is 0.176. The first kappa shape index (κ1) is 15.3. The van der Waals surface area contributed by atoms with E-state index in [9.17, 15) is 9.59 Å². The first-order valence-electron chi connectivity index (χ1n) is 6.63. The van der Waals surface area contributed by atoms with Crippen LogP contribution >= 0.6 is 11.8 Å². The molecule has 0 fully saturated rings. The summed E-state index contributed by atoms with van der Waals surface area (Å²) in [4.78, 5) is 24.6. The van der Waals surface area contributed by atoms with Gasteiger partial charge in [0.15, 0.2) is 5.78 Å². The largest absolute Gasteiger partial charge is 0.478 e. The van der Waals surface area contributed by atoms with E-state index in [1.807, 2.05) is 32.0 Å². The SMILES string of the molecule is CC(C)C(=O)c1ccc(Sc2ccccc2C(=O)O)cc1. The predicted molar refractivity (Wildman–Crippen MR) is 83.1 cm³/mol. The van der Waals surface area contributed by atoms with Gasteiger partial charge in [-0.25, -0.2) is 4.79 Å². The number of carboxylic acids is 1. The summed E-state index contributed by atoms with van der Waals surface area (Å²) in [7, 11) is 0. The van der Waals surface area contributed by atoms with Crippen LogP contribution in [0.3, 0.4) is 0 Å². The molecule has 0 saturated carbocycles. The Morgan fingerprint density at radius 3 is 2.19 bits per heavy atom. The maximum atomic E-state index is 11.9. The zero-order valence-corrected chi connectivity index (χ0v) is 12.7. The van der Waals surface area contributed by atoms with Crippen LogP contribution in [0.4, 0.5) is 0 Å². The molecule has 0 unspecified atom stereocenters. The van der Waals surface area contributed by atoms with Gasteiger partial charge in [0.25, 0.3) is 0 Å². The van der Waals surface area contributed by atoms with Crippen molar-refractivity contribution in [3.05, 3.63) is 59.7 Å². The summed E-state index contributed by atoms with van der Waals surface area (Å²) >= 11 is 1.38. The summed E-state index contributed by atoms with van der Waals surface area (Å²) in [6, 6.07) is 14.1. The van der Waals surface area contributed by atoms with E-state index in [0.717, 1.165) is 4.90 Å². The van der Waals surface area contributed by atoms with Crippen LogP contribution in [0.5, 0.6) is 0 Å². The van der Waals surface area contributed by atoms with E-state index in [1.165, 1.54) is 11.8 Å². The van der Waals surface area contributed by atoms with Crippen LogP contribution in [0.1, 0.15) is 34.6 Å². The maximum absolute atomic E-state index is 11.9. The number of benzene rings is 2. The number of carbonyl (C=O) groups excluding carboxylic acids is 1. The molecule has 0 spiro atoms. The van der Waals surface area contributed by atoms with Gasteiger partial charge < -0.3 is 5.11 Å². The van der Waals surface area contributed by atoms with Crippen LogP contribution in [0.25, 0.3) is 0 Å². The summed E-state index contributed by atoms with van der Waals surface area (Å²) in [5, 5.41) is 9.16. The fourth-order valence-corrected chi connectivity index (χ4v) is 2.82. The third-order valence-electron chi connectivity index (χ3n) is 3.01. The number of ketones is 1. The second-order valence-electron chi connectivity index (χ2n) is 4.95. The second-order valence-corrected chi connectivity index (χ2v) is 6.06. The molecule has 0 saturated heterocycles. The van der Waals surface area contributed by atoms with Crippen LogP contribution in [0.15, 0.2) is 58.3 Å². The number of carboxylic acid groups (broad SMARTS) is 1. The Labute approximate surface area is 128 Å². The summed E-state index contributed by atoms with van der Waals surface area (Å²) in [5.74, 6) is -0.863. The lowest BCUT2D eigenvalue weighted by molar-refractivity contribution is 0.0693. The standard InChI is InChI=1S/C17H16O3S/c1-11(2)16(18)12-7-9-13(10-8-12)21-15-6-4-3-5-14(15)17(19)20/h3-11H,1-2H3,(H,19,20). The molecule has 0 aliphatic carbocycles. The van der Waals surface area contributed by atoms with Crippen molar-refractivity contribution in [2.24, 2.45) is 5.92 Å². The van der Waals surface area contributed by atoms with Gasteiger partial charge in [0.05, 0.1) is 5.56 Å². The van der Waals surface area contributed by atoms with Gasteiger partial charge in [-0.05, 0) is 24.3 Å². The molecule has 0 amide bonds. The number of carbonyl (C=O) groups is 2. The Bertz CT molecular complexity index is 660. The zero-order chi connectivity index (χ0) is 15.4. The van der Waals surface area contributed by atoms with Gasteiger partial charge >= 0.3 is 5.97 Å². The molecular weight excluding hydrogens is 284 g/mol. The van der Waals surface area contributed by atoms with E-state index in [-0.39, 0.29) is 17.3 Å². The Morgan fingerprint density at radius 1 is 1.00 bits per heavy atom. The Kier molecular flexibility index (Phi) is 4.81. The van der Waals surface area contributed by atoms with Crippen molar-refractivity contribution in [1.29, 1.82) is 0 Å². The van der Waals surface area contributed by atoms with E-state index in [0.29, 0.717) is 10.5 Å². The Hall–Kier alpha value is -2.07. The molecule has 2 rings (SSSR count). The van der Waals surface area contributed by atoms with Gasteiger partial charge in [0, 0.05) is 21.3 Å². The predicted octanol–water partition coefficient (Wildman–Crippen LogP) is 4.37. The minimum atomic E-state index is -0.940. The lowest BCUT2D eigenvalue weighted by atomic mass is 10.0. The first-order valence-corrected chi connectivity index (χ1v) is 7.45. The molecule has 0 bridgehead atoms. The van der Waals surface area contributed by atoms with E-state index in [2.05, 4.69) is 0 Å². The average Bonchev–Trinajstić information content (AvgIpc) is 2.47. The van der Waals surface area contributed by atoms with Crippen molar-refractivity contribution >= 4 is 23.5 Å². The summed E-state index contributed by atoms with van der Waals surface area (Å²) in [6.45, 7) is 3.74. The summed E-state index contributed by atoms with van der Waals surface area (Å²) in [5.41, 5.74) is 0.964. The zero-order valence-electron chi connectivity index (χ0n) is 11.9. The highest BCUT2D eigenvalue weighted by molar-refractivity contribution is 7.99. The lowest BCUT2D eigenvalue weighted by Gasteiger charge is -2.07. The van der Waals surface area contributed by atoms with Crippen LogP contribution in [-0.2, 0) is 0 Å². The van der Waals surface area contributed by atoms with Crippen molar-refractivity contribution in [2.45, 2.75) is 23.6 Å². The van der Waals surface area contributed by atoms with Crippen LogP contribution < -0.4 is 0 Å². The maximum Gasteiger partial charge on any atom is 0.336 e. The summed E-state index contributed by atoms with van der Waals surface area (Å²) < 4.78 is 0. The molecule has 21 heavy (non-hydrogen) atoms. The van der Waals surface area contributed by atoms with Crippen LogP contribution in [0, 0.1) is 5.92 Å². The van der Waals surface area contributed by atoms with Crippen molar-refractivity contribution < 1.29 is 14.7 Å². The highest BCUT2D eigenvalue weighted by atomic mass is 32.2. The topological polar surface area (TPSA) is 54.4 Å². The Balaban J connectivity index is 2.22. The second kappa shape index (κ2) is 6.59. The number of hydrogen-bond acceptors (Lipinski definition) is 3. The first-order chi connectivity index (χ1) is 9.99. The van der Waals surface area contributed by atoms with E-state index in [4.69, 9.17) is 5.11 Å². The molecule has 4 heteroatoms. The van der Waals surface area contributed by atoms with Crippen molar-refractivity contribution in [3.8, 4) is 0 Å². The lowest BCUT2D eigenvalue weighted by Crippen LogP contribution is -2.06. The van der Waals surface area contributed by atoms with Crippen LogP contribution in [0.2, 0.25) is 0 Å². The van der Waals surface area contributed by atoms with Gasteiger partial charge in [0.2, 0.25) is 0 Å². The third-order valence-corrected chi connectivity index (χ3v) is 4.09. The van der Waals surface area contributed by atoms with Crippen molar-refractivity contribution in [3.63, 3.8) is 0 Å². The highest BCUT2D eigenvalue weighted by Gasteiger charge is 2.12. The molecule has 3 nitrogen and oxygen atoms in total. The number of aromatic carboxylic acids is 1. The molecule has 0 atom stereocenters. The van der Waals surface area contributed by atoms with Crippen molar-refractivity contribution in [2.75, 3.05) is 0 Å². The molecule has 0 aliphatic rings. The van der Waals surface area contributed by atoms with E-state index in [1.54, 1.807) is 30.3 Å². The number of hydrogen-bond donors (Lipinski definition) is 1. The van der Waals surface area contributed by atoms with E-state index >= 15 is 0 Å². The molecular formula is C17H16O3S. The van der Waals surface area contributed by atoms with Gasteiger partial charge in [0.1, 0.15) is 0 Å². The van der Waals surface area contributed by atoms with Gasteiger partial charge in [-0.3, -0.25) is 4.79 Å². The van der Waals surface area contributed by atoms with Gasteiger partial charge in [-0.1, -0.05) is 49.9 Å². The van der Waals surface area contributed by atoms with Gasteiger partial charge in [-0.2, -0.15) is 0 Å². The van der Waals surface area contributed by atoms with Crippen LogP contribution in [-0.4, -0.2) is 16.9 Å². The monoisotopic (exact) mass is 300 g/mol. The Morgan fingerprint density at radius 2 is 1.62 bits per heavy atom. The summed E-state index contributed by atoms with van der Waals surface area (Å²) in [6.07, 6.45) is 0. The average molecular weight is 300 g/mol. The fourth-order valence-electron chi connectivity index (χ4n) is 1.88. The van der Waals surface area contributed by atoms with Gasteiger partial charge in [-0.15, -0.1) is 0 Å². The smallest absolute Gasteiger partial charge is 0.336 e.